The molecule has 2 fully saturated rings. The van der Waals surface area contributed by atoms with Gasteiger partial charge in [-0.15, -0.1) is 10.2 Å². The molecule has 0 amide bonds. The Kier molecular flexibility index (Phi) is 7.85. The summed E-state index contributed by atoms with van der Waals surface area (Å²) in [7, 11) is 0. The number of benzene rings is 1. The minimum atomic E-state index is 0.353. The molecule has 0 spiro atoms. The first-order chi connectivity index (χ1) is 15.7. The molecular weight excluding hydrogens is 402 g/mol. The van der Waals surface area contributed by atoms with Crippen LogP contribution in [0.25, 0.3) is 0 Å². The number of aryl methyl sites for hydroxylation is 1. The molecule has 2 heterocycles. The third-order valence-electron chi connectivity index (χ3n) is 6.67. The molecule has 32 heavy (non-hydrogen) atoms. The second kappa shape index (κ2) is 11.2. The van der Waals surface area contributed by atoms with Crippen molar-refractivity contribution in [2.24, 2.45) is 10.9 Å². The van der Waals surface area contributed by atoms with Crippen molar-refractivity contribution in [1.82, 2.24) is 25.0 Å². The van der Waals surface area contributed by atoms with E-state index in [0.29, 0.717) is 11.7 Å². The van der Waals surface area contributed by atoms with Gasteiger partial charge in [-0.05, 0) is 30.9 Å². The first-order valence-electron chi connectivity index (χ1n) is 12.2. The van der Waals surface area contributed by atoms with Gasteiger partial charge in [0.15, 0.2) is 5.96 Å². The van der Waals surface area contributed by atoms with Crippen LogP contribution in [0.1, 0.15) is 44.9 Å². The molecule has 1 aliphatic carbocycles. The fourth-order valence-corrected chi connectivity index (χ4v) is 4.77. The van der Waals surface area contributed by atoms with Crippen LogP contribution >= 0.6 is 0 Å². The average molecular weight is 440 g/mol. The highest BCUT2D eigenvalue weighted by atomic mass is 16.3. The third-order valence-corrected chi connectivity index (χ3v) is 6.67. The molecule has 8 nitrogen and oxygen atoms in total. The van der Waals surface area contributed by atoms with Gasteiger partial charge in [-0.3, -0.25) is 4.99 Å². The van der Waals surface area contributed by atoms with Crippen molar-refractivity contribution >= 4 is 11.6 Å². The number of nitrogens with zero attached hydrogens (tertiary/aromatic N) is 6. The van der Waals surface area contributed by atoms with Gasteiger partial charge >= 0.3 is 0 Å². The van der Waals surface area contributed by atoms with Gasteiger partial charge in [0, 0.05) is 52.2 Å². The average Bonchev–Trinajstić information content (AvgIpc) is 3.30. The van der Waals surface area contributed by atoms with Gasteiger partial charge in [0.2, 0.25) is 0 Å². The molecule has 0 atom stereocenters. The summed E-state index contributed by atoms with van der Waals surface area (Å²) in [6.45, 7) is 8.16. The summed E-state index contributed by atoms with van der Waals surface area (Å²) >= 11 is 0. The summed E-state index contributed by atoms with van der Waals surface area (Å²) in [5, 5.41) is 22.1. The standard InChI is InChI=1S/C24H37N7O/c1-2-23-28-27-19-31(23)13-12-25-24(26-18-20-8-4-3-5-9-20)30-16-14-29(15-17-30)21-10-6-7-11-22(21)32/h6-7,10-11,19-20,32H,2-5,8-9,12-18H2,1H3,(H,25,26). The Balaban J connectivity index is 1.37. The van der Waals surface area contributed by atoms with Gasteiger partial charge in [0.25, 0.3) is 0 Å². The van der Waals surface area contributed by atoms with Crippen molar-refractivity contribution in [2.45, 2.75) is 52.0 Å². The largest absolute Gasteiger partial charge is 0.506 e. The van der Waals surface area contributed by atoms with Crippen molar-refractivity contribution in [3.63, 3.8) is 0 Å². The number of aromatic nitrogens is 3. The van der Waals surface area contributed by atoms with Gasteiger partial charge in [0.05, 0.1) is 5.69 Å². The van der Waals surface area contributed by atoms with E-state index in [1.54, 1.807) is 6.07 Å². The molecule has 0 radical (unpaired) electrons. The summed E-state index contributed by atoms with van der Waals surface area (Å²) in [6, 6.07) is 7.60. The first kappa shape index (κ1) is 22.4. The lowest BCUT2D eigenvalue weighted by atomic mass is 9.89. The number of para-hydroxylation sites is 2. The molecule has 1 aromatic carbocycles. The number of anilines is 1. The Labute approximate surface area is 191 Å². The minimum Gasteiger partial charge on any atom is -0.506 e. The van der Waals surface area contributed by atoms with Crippen LogP contribution < -0.4 is 10.2 Å². The predicted molar refractivity (Wildman–Crippen MR) is 128 cm³/mol. The van der Waals surface area contributed by atoms with Gasteiger partial charge in [-0.2, -0.15) is 0 Å². The number of phenolic OH excluding ortho intramolecular Hbond substituents is 1. The zero-order valence-electron chi connectivity index (χ0n) is 19.3. The molecule has 2 N–H and O–H groups in total. The van der Waals surface area contributed by atoms with E-state index in [1.807, 2.05) is 24.5 Å². The van der Waals surface area contributed by atoms with Crippen LogP contribution in [-0.4, -0.2) is 70.0 Å². The molecular formula is C24H37N7O. The summed E-state index contributed by atoms with van der Waals surface area (Å²) < 4.78 is 2.11. The molecule has 1 saturated heterocycles. The van der Waals surface area contributed by atoms with Crippen molar-refractivity contribution in [2.75, 3.05) is 44.2 Å². The third kappa shape index (κ3) is 5.72. The van der Waals surface area contributed by atoms with Gasteiger partial charge in [-0.1, -0.05) is 38.3 Å². The van der Waals surface area contributed by atoms with Crippen molar-refractivity contribution < 1.29 is 5.11 Å². The van der Waals surface area contributed by atoms with E-state index in [4.69, 9.17) is 4.99 Å². The summed E-state index contributed by atoms with van der Waals surface area (Å²) in [5.41, 5.74) is 0.917. The Morgan fingerprint density at radius 2 is 1.91 bits per heavy atom. The number of aliphatic imine (C=N–C) groups is 1. The lowest BCUT2D eigenvalue weighted by Gasteiger charge is -2.38. The normalized spacial score (nSPS) is 18.2. The maximum absolute atomic E-state index is 10.2. The van der Waals surface area contributed by atoms with E-state index in [1.165, 1.54) is 32.1 Å². The number of nitrogens with one attached hydrogen (secondary N) is 1. The van der Waals surface area contributed by atoms with Gasteiger partial charge in [0.1, 0.15) is 17.9 Å². The first-order valence-corrected chi connectivity index (χ1v) is 12.2. The van der Waals surface area contributed by atoms with Crippen LogP contribution in [0.2, 0.25) is 0 Å². The Hall–Kier alpha value is -2.77. The Bertz CT molecular complexity index is 867. The smallest absolute Gasteiger partial charge is 0.194 e. The highest BCUT2D eigenvalue weighted by molar-refractivity contribution is 5.80. The summed E-state index contributed by atoms with van der Waals surface area (Å²) in [6.07, 6.45) is 9.36. The van der Waals surface area contributed by atoms with Crippen LogP contribution in [0.4, 0.5) is 5.69 Å². The van der Waals surface area contributed by atoms with E-state index < -0.39 is 0 Å². The number of hydrogen-bond acceptors (Lipinski definition) is 5. The van der Waals surface area contributed by atoms with Gasteiger partial charge < -0.3 is 24.8 Å². The van der Waals surface area contributed by atoms with E-state index in [2.05, 4.69) is 36.8 Å². The second-order valence-corrected chi connectivity index (χ2v) is 8.85. The molecule has 0 bridgehead atoms. The predicted octanol–water partition coefficient (Wildman–Crippen LogP) is 2.89. The zero-order chi connectivity index (χ0) is 22.2. The number of piperazine rings is 1. The van der Waals surface area contributed by atoms with Crippen molar-refractivity contribution in [3.05, 3.63) is 36.4 Å². The monoisotopic (exact) mass is 439 g/mol. The van der Waals surface area contributed by atoms with E-state index in [9.17, 15) is 5.11 Å². The van der Waals surface area contributed by atoms with Crippen molar-refractivity contribution in [3.8, 4) is 5.75 Å². The second-order valence-electron chi connectivity index (χ2n) is 8.85. The van der Waals surface area contributed by atoms with Crippen LogP contribution in [0, 0.1) is 5.92 Å². The van der Waals surface area contributed by atoms with Gasteiger partial charge in [-0.25, -0.2) is 0 Å². The molecule has 2 aromatic rings. The summed E-state index contributed by atoms with van der Waals surface area (Å²) in [5.74, 6) is 3.10. The fraction of sp³-hybridized carbons (Fsp3) is 0.625. The van der Waals surface area contributed by atoms with E-state index in [0.717, 1.165) is 69.7 Å². The topological polar surface area (TPSA) is 81.8 Å². The molecule has 1 saturated carbocycles. The number of rotatable bonds is 7. The minimum absolute atomic E-state index is 0.353. The highest BCUT2D eigenvalue weighted by Crippen LogP contribution is 2.27. The SMILES string of the molecule is CCc1nncn1CCNC(=NCC1CCCCC1)N1CCN(c2ccccc2O)CC1. The van der Waals surface area contributed by atoms with Crippen molar-refractivity contribution in [1.29, 1.82) is 0 Å². The number of phenols is 1. The van der Waals surface area contributed by atoms with E-state index in [-0.39, 0.29) is 0 Å². The quantitative estimate of drug-likeness (QED) is 0.510. The Morgan fingerprint density at radius 1 is 1.12 bits per heavy atom. The molecule has 174 valence electrons. The maximum Gasteiger partial charge on any atom is 0.194 e. The molecule has 1 aromatic heterocycles. The van der Waals surface area contributed by atoms with E-state index >= 15 is 0 Å². The lowest BCUT2D eigenvalue weighted by Crippen LogP contribution is -2.53. The number of aromatic hydroxyl groups is 1. The van der Waals surface area contributed by atoms with Crippen LogP contribution in [0.3, 0.4) is 0 Å². The number of guanidine groups is 1. The summed E-state index contributed by atoms with van der Waals surface area (Å²) in [4.78, 5) is 9.70. The molecule has 0 unspecified atom stereocenters. The van der Waals surface area contributed by atoms with Crippen LogP contribution in [0.5, 0.6) is 5.75 Å². The Morgan fingerprint density at radius 3 is 2.66 bits per heavy atom. The molecule has 2 aliphatic rings. The molecule has 1 aliphatic heterocycles. The number of hydrogen-bond donors (Lipinski definition) is 2. The fourth-order valence-electron chi connectivity index (χ4n) is 4.77. The van der Waals surface area contributed by atoms with Crippen LogP contribution in [0.15, 0.2) is 35.6 Å². The van der Waals surface area contributed by atoms with Crippen LogP contribution in [-0.2, 0) is 13.0 Å². The molecule has 8 heteroatoms. The zero-order valence-corrected chi connectivity index (χ0v) is 19.3. The highest BCUT2D eigenvalue weighted by Gasteiger charge is 2.22. The molecule has 4 rings (SSSR count). The maximum atomic E-state index is 10.2. The lowest BCUT2D eigenvalue weighted by molar-refractivity contribution is 0.351.